The van der Waals surface area contributed by atoms with Crippen molar-refractivity contribution in [2.45, 2.75) is 309 Å². The van der Waals surface area contributed by atoms with Crippen molar-refractivity contribution in [1.82, 2.24) is 5.32 Å². The molecule has 10 heteroatoms. The topological polar surface area (TPSA) is 114 Å². The van der Waals surface area contributed by atoms with Crippen LogP contribution in [0.15, 0.2) is 109 Å². The van der Waals surface area contributed by atoms with Crippen LogP contribution in [0.25, 0.3) is 0 Å². The largest absolute Gasteiger partial charge is 0.756 e. The average molecular weight is 1190 g/mol. The van der Waals surface area contributed by atoms with E-state index >= 15 is 0 Å². The van der Waals surface area contributed by atoms with Gasteiger partial charge in [-0.1, -0.05) is 278 Å². The molecule has 3 atom stereocenters. The molecular formula is C74H131N2O7P. The van der Waals surface area contributed by atoms with Crippen LogP contribution < -0.4 is 10.2 Å². The quantitative estimate of drug-likeness (QED) is 0.0212. The van der Waals surface area contributed by atoms with Gasteiger partial charge in [0.1, 0.15) is 19.3 Å². The molecule has 484 valence electrons. The molecule has 0 heterocycles. The third-order valence-electron chi connectivity index (χ3n) is 14.9. The fourth-order valence-electron chi connectivity index (χ4n) is 9.62. The Hall–Kier alpha value is -3.33. The Balaban J connectivity index is 5.17. The minimum absolute atomic E-state index is 0.0324. The van der Waals surface area contributed by atoms with Crippen molar-refractivity contribution in [2.24, 2.45) is 0 Å². The summed E-state index contributed by atoms with van der Waals surface area (Å²) in [6.07, 6.45) is 86.3. The first-order chi connectivity index (χ1) is 40.9. The van der Waals surface area contributed by atoms with Crippen molar-refractivity contribution in [2.75, 3.05) is 40.9 Å². The minimum Gasteiger partial charge on any atom is -0.756 e. The number of quaternary nitrogens is 1. The van der Waals surface area contributed by atoms with Crippen LogP contribution in [0.1, 0.15) is 297 Å². The van der Waals surface area contributed by atoms with Gasteiger partial charge in [0.15, 0.2) is 0 Å². The molecule has 1 amide bonds. The van der Waals surface area contributed by atoms with E-state index in [-0.39, 0.29) is 31.3 Å². The molecule has 0 radical (unpaired) electrons. The van der Waals surface area contributed by atoms with E-state index in [1.54, 1.807) is 0 Å². The highest BCUT2D eigenvalue weighted by Gasteiger charge is 2.27. The molecule has 0 saturated heterocycles. The lowest BCUT2D eigenvalue weighted by molar-refractivity contribution is -0.870. The van der Waals surface area contributed by atoms with Gasteiger partial charge >= 0.3 is 5.97 Å². The van der Waals surface area contributed by atoms with Gasteiger partial charge in [0.25, 0.3) is 7.82 Å². The fourth-order valence-corrected chi connectivity index (χ4v) is 10.3. The third-order valence-corrected chi connectivity index (χ3v) is 15.9. The van der Waals surface area contributed by atoms with Crippen molar-refractivity contribution in [3.8, 4) is 0 Å². The molecule has 0 aliphatic rings. The number of allylic oxidation sites excluding steroid dienone is 17. The second kappa shape index (κ2) is 62.7. The number of esters is 1. The minimum atomic E-state index is -4.72. The number of likely N-dealkylation sites (N-methyl/N-ethyl adjacent to an activating group) is 1. The van der Waals surface area contributed by atoms with Crippen molar-refractivity contribution in [3.05, 3.63) is 109 Å². The van der Waals surface area contributed by atoms with Crippen molar-refractivity contribution >= 4 is 19.7 Å². The van der Waals surface area contributed by atoms with Crippen LogP contribution in [0.4, 0.5) is 0 Å². The first kappa shape index (κ1) is 80.7. The van der Waals surface area contributed by atoms with Gasteiger partial charge in [0.2, 0.25) is 5.91 Å². The van der Waals surface area contributed by atoms with E-state index in [4.69, 9.17) is 13.8 Å². The van der Waals surface area contributed by atoms with E-state index in [1.165, 1.54) is 148 Å². The van der Waals surface area contributed by atoms with Gasteiger partial charge in [-0.15, -0.1) is 0 Å². The second-order valence-electron chi connectivity index (χ2n) is 24.3. The van der Waals surface area contributed by atoms with Crippen LogP contribution in [0.5, 0.6) is 0 Å². The predicted octanol–water partition coefficient (Wildman–Crippen LogP) is 21.4. The Labute approximate surface area is 519 Å². The number of unbranched alkanes of at least 4 members (excludes halogenated alkanes) is 30. The molecule has 0 aromatic heterocycles. The summed E-state index contributed by atoms with van der Waals surface area (Å²) >= 11 is 0. The molecule has 0 aliphatic carbocycles. The number of phosphoric ester groups is 1. The molecule has 0 aromatic carbocycles. The second-order valence-corrected chi connectivity index (χ2v) is 25.7. The zero-order valence-electron chi connectivity index (χ0n) is 55.3. The van der Waals surface area contributed by atoms with Gasteiger partial charge in [-0.3, -0.25) is 14.2 Å². The number of carbonyl (C=O) groups is 2. The summed E-state index contributed by atoms with van der Waals surface area (Å²) in [4.78, 5) is 40.2. The van der Waals surface area contributed by atoms with Crippen molar-refractivity contribution in [1.29, 1.82) is 0 Å². The number of hydrogen-bond acceptors (Lipinski definition) is 7. The van der Waals surface area contributed by atoms with Crippen molar-refractivity contribution in [3.63, 3.8) is 0 Å². The van der Waals surface area contributed by atoms with Gasteiger partial charge in [-0.25, -0.2) is 0 Å². The Kier molecular flexibility index (Phi) is 60.2. The maximum atomic E-state index is 13.6. The highest BCUT2D eigenvalue weighted by atomic mass is 31.2. The molecule has 0 bridgehead atoms. The SMILES string of the molecule is CC/C=C\C/C=C\C/C=C\C/C=C\C/C=C\C/C=C\CCCCCCC(=O)NC(COP(=O)([O-])OCC[N+](C)(C)C)C(/C=C/CCCCCCCCCCCC)OC(=O)CCCCCCCCCCCCCCC/C=C\C/C=C\CCCCC. The molecular weight excluding hydrogens is 1060 g/mol. The Morgan fingerprint density at radius 3 is 1.17 bits per heavy atom. The lowest BCUT2D eigenvalue weighted by Gasteiger charge is -2.30. The number of ether oxygens (including phenoxy) is 1. The third kappa shape index (κ3) is 63.2. The lowest BCUT2D eigenvalue weighted by atomic mass is 10.0. The summed E-state index contributed by atoms with van der Waals surface area (Å²) in [6, 6.07) is -0.910. The average Bonchev–Trinajstić information content (AvgIpc) is 3.64. The summed E-state index contributed by atoms with van der Waals surface area (Å²) in [6.45, 7) is 6.70. The predicted molar refractivity (Wildman–Crippen MR) is 362 cm³/mol. The monoisotopic (exact) mass is 1190 g/mol. The van der Waals surface area contributed by atoms with Crippen LogP contribution in [-0.4, -0.2) is 69.4 Å². The Morgan fingerprint density at radius 2 is 0.762 bits per heavy atom. The molecule has 0 aliphatic heterocycles. The molecule has 9 nitrogen and oxygen atoms in total. The number of nitrogens with zero attached hydrogens (tertiary/aromatic N) is 1. The number of nitrogens with one attached hydrogen (secondary N) is 1. The number of amides is 1. The van der Waals surface area contributed by atoms with Crippen molar-refractivity contribution < 1.29 is 37.3 Å². The van der Waals surface area contributed by atoms with Crippen LogP contribution in [-0.2, 0) is 27.9 Å². The van der Waals surface area contributed by atoms with E-state index in [0.717, 1.165) is 109 Å². The summed E-state index contributed by atoms with van der Waals surface area (Å²) in [5.74, 6) is -0.570. The van der Waals surface area contributed by atoms with Gasteiger partial charge in [0.05, 0.1) is 33.8 Å². The number of carbonyl (C=O) groups excluding carboxylic acids is 2. The molecule has 0 aromatic rings. The van der Waals surface area contributed by atoms with E-state index in [0.29, 0.717) is 17.4 Å². The fraction of sp³-hybridized carbons (Fsp3) is 0.730. The number of rotatable bonds is 62. The van der Waals surface area contributed by atoms with Gasteiger partial charge < -0.3 is 28.5 Å². The van der Waals surface area contributed by atoms with E-state index in [1.807, 2.05) is 33.3 Å². The van der Waals surface area contributed by atoms with Gasteiger partial charge in [-0.2, -0.15) is 0 Å². The normalized spacial score (nSPS) is 14.2. The summed E-state index contributed by atoms with van der Waals surface area (Å²) in [5, 5.41) is 3.02. The summed E-state index contributed by atoms with van der Waals surface area (Å²) in [7, 11) is 1.16. The van der Waals surface area contributed by atoms with Crippen LogP contribution in [0, 0.1) is 0 Å². The molecule has 0 spiro atoms. The molecule has 1 N–H and O–H groups in total. The molecule has 3 unspecified atom stereocenters. The standard InChI is InChI=1S/C74H131N2O7P/c1-7-10-13-16-19-22-25-28-30-32-34-36-38-40-42-44-46-48-51-54-57-60-63-66-73(77)75-71(70-82-84(79,80)81-69-68-76(4,5)6)72(65-62-59-56-53-50-27-24-21-18-15-12-9-3)83-74(78)67-64-61-58-55-52-49-47-45-43-41-39-37-35-33-31-29-26-23-20-17-14-11-8-2/h10,13,19-20,22-23,28-31,34,36,40,42,46,48,62,65,71-72H,7-9,11-12,14-18,21,24-27,32-33,35,37-39,41,43-45,47,49-61,63-64,66-70H2,1-6H3,(H-,75,77,79,80)/b13-10-,22-19-,23-20-,30-28-,31-29-,36-34-,42-40-,48-46-,65-62+. The summed E-state index contributed by atoms with van der Waals surface area (Å²) in [5.41, 5.74) is 0. The van der Waals surface area contributed by atoms with Crippen LogP contribution in [0.3, 0.4) is 0 Å². The van der Waals surface area contributed by atoms with E-state index in [2.05, 4.69) is 123 Å². The Bertz CT molecular complexity index is 1810. The smallest absolute Gasteiger partial charge is 0.306 e. The highest BCUT2D eigenvalue weighted by molar-refractivity contribution is 7.45. The first-order valence-corrected chi connectivity index (χ1v) is 36.2. The first-order valence-electron chi connectivity index (χ1n) is 34.7. The Morgan fingerprint density at radius 1 is 0.429 bits per heavy atom. The number of phosphoric acid groups is 1. The molecule has 0 rings (SSSR count). The van der Waals surface area contributed by atoms with Crippen LogP contribution in [0.2, 0.25) is 0 Å². The maximum Gasteiger partial charge on any atom is 0.306 e. The van der Waals surface area contributed by atoms with Gasteiger partial charge in [0, 0.05) is 12.8 Å². The molecule has 0 saturated carbocycles. The molecule has 84 heavy (non-hydrogen) atoms. The lowest BCUT2D eigenvalue weighted by Crippen LogP contribution is -2.47. The zero-order chi connectivity index (χ0) is 61.4. The van der Waals surface area contributed by atoms with Gasteiger partial charge in [-0.05, 0) is 115 Å². The van der Waals surface area contributed by atoms with Crippen LogP contribution >= 0.6 is 7.82 Å². The maximum absolute atomic E-state index is 13.6. The number of hydrogen-bond donors (Lipinski definition) is 1. The highest BCUT2D eigenvalue weighted by Crippen LogP contribution is 2.38. The van der Waals surface area contributed by atoms with E-state index in [9.17, 15) is 19.0 Å². The summed E-state index contributed by atoms with van der Waals surface area (Å²) < 4.78 is 30.4. The zero-order valence-corrected chi connectivity index (χ0v) is 56.2. The van der Waals surface area contributed by atoms with E-state index < -0.39 is 26.6 Å². The molecule has 0 fully saturated rings.